The first kappa shape index (κ1) is 12.8. The van der Waals surface area contributed by atoms with Crippen molar-refractivity contribution in [3.63, 3.8) is 0 Å². The normalized spacial score (nSPS) is 14.3. The van der Waals surface area contributed by atoms with Gasteiger partial charge in [0.05, 0.1) is 5.69 Å². The van der Waals surface area contributed by atoms with Gasteiger partial charge in [0.15, 0.2) is 0 Å². The first-order valence-electron chi connectivity index (χ1n) is 6.72. The van der Waals surface area contributed by atoms with E-state index < -0.39 is 0 Å². The minimum Gasteiger partial charge on any atom is -0.383 e. The van der Waals surface area contributed by atoms with Gasteiger partial charge in [-0.3, -0.25) is 0 Å². The lowest BCUT2D eigenvalue weighted by Gasteiger charge is -2.12. The Kier molecular flexibility index (Phi) is 3.04. The molecule has 0 saturated heterocycles. The zero-order valence-corrected chi connectivity index (χ0v) is 11.6. The third-order valence-electron chi connectivity index (χ3n) is 3.52. The number of nitrogens with two attached hydrogens (primary N) is 1. The van der Waals surface area contributed by atoms with Crippen molar-refractivity contribution in [3.8, 4) is 0 Å². The number of aromatic nitrogens is 2. The fourth-order valence-electron chi connectivity index (χ4n) is 2.05. The van der Waals surface area contributed by atoms with E-state index in [1.54, 1.807) is 6.07 Å². The maximum absolute atomic E-state index is 13.9. The average Bonchev–Trinajstić information content (AvgIpc) is 3.22. The molecule has 1 aliphatic carbocycles. The molecule has 2 aromatic rings. The topological polar surface area (TPSA) is 63.8 Å². The van der Waals surface area contributed by atoms with Gasteiger partial charge in [-0.1, -0.05) is 6.07 Å². The highest BCUT2D eigenvalue weighted by molar-refractivity contribution is 5.64. The van der Waals surface area contributed by atoms with E-state index >= 15 is 0 Å². The van der Waals surface area contributed by atoms with E-state index in [1.807, 2.05) is 19.9 Å². The summed E-state index contributed by atoms with van der Waals surface area (Å²) in [5, 5.41) is 3.03. The van der Waals surface area contributed by atoms with Crippen molar-refractivity contribution in [2.45, 2.75) is 32.6 Å². The highest BCUT2D eigenvalue weighted by Gasteiger charge is 2.28. The zero-order chi connectivity index (χ0) is 14.3. The number of nitrogen functional groups attached to an aromatic ring is 1. The third kappa shape index (κ3) is 2.43. The van der Waals surface area contributed by atoms with Crippen molar-refractivity contribution in [1.82, 2.24) is 9.97 Å². The second-order valence-corrected chi connectivity index (χ2v) is 5.32. The summed E-state index contributed by atoms with van der Waals surface area (Å²) in [6.07, 6.45) is 2.20. The second kappa shape index (κ2) is 4.74. The van der Waals surface area contributed by atoms with Gasteiger partial charge < -0.3 is 11.1 Å². The number of anilines is 3. The Hall–Kier alpha value is -2.17. The van der Waals surface area contributed by atoms with E-state index in [0.29, 0.717) is 23.2 Å². The van der Waals surface area contributed by atoms with E-state index in [9.17, 15) is 4.39 Å². The summed E-state index contributed by atoms with van der Waals surface area (Å²) in [6, 6.07) is 5.05. The maximum Gasteiger partial charge on any atom is 0.146 e. The number of hydrogen-bond donors (Lipinski definition) is 2. The number of nitrogens with one attached hydrogen (secondary N) is 1. The van der Waals surface area contributed by atoms with Crippen molar-refractivity contribution in [3.05, 3.63) is 41.0 Å². The predicted octanol–water partition coefficient (Wildman–Crippen LogP) is 3.44. The van der Waals surface area contributed by atoms with Crippen LogP contribution in [0.3, 0.4) is 0 Å². The van der Waals surface area contributed by atoms with Crippen molar-refractivity contribution in [1.29, 1.82) is 0 Å². The summed E-state index contributed by atoms with van der Waals surface area (Å²) in [6.45, 7) is 3.69. The molecule has 20 heavy (non-hydrogen) atoms. The van der Waals surface area contributed by atoms with Gasteiger partial charge in [0.2, 0.25) is 0 Å². The Labute approximate surface area is 117 Å². The molecule has 0 radical (unpaired) electrons. The summed E-state index contributed by atoms with van der Waals surface area (Å²) in [4.78, 5) is 8.79. The highest BCUT2D eigenvalue weighted by atomic mass is 19.1. The first-order valence-corrected chi connectivity index (χ1v) is 6.72. The molecule has 0 atom stereocenters. The van der Waals surface area contributed by atoms with Crippen molar-refractivity contribution >= 4 is 17.3 Å². The molecular weight excluding hydrogens is 255 g/mol. The van der Waals surface area contributed by atoms with Crippen LogP contribution < -0.4 is 11.1 Å². The molecule has 1 aromatic heterocycles. The van der Waals surface area contributed by atoms with E-state index in [2.05, 4.69) is 15.3 Å². The van der Waals surface area contributed by atoms with E-state index in [4.69, 9.17) is 5.73 Å². The number of halogens is 1. The third-order valence-corrected chi connectivity index (χ3v) is 3.52. The molecule has 1 saturated carbocycles. The second-order valence-electron chi connectivity index (χ2n) is 5.32. The number of benzene rings is 1. The SMILES string of the molecule is Cc1ccc(Nc2nc(C3CC3)nc(N)c2C)c(F)c1. The highest BCUT2D eigenvalue weighted by Crippen LogP contribution is 2.39. The molecule has 0 aliphatic heterocycles. The zero-order valence-electron chi connectivity index (χ0n) is 11.6. The van der Waals surface area contributed by atoms with Gasteiger partial charge in [-0.15, -0.1) is 0 Å². The minimum atomic E-state index is -0.297. The molecule has 1 aliphatic rings. The van der Waals surface area contributed by atoms with Crippen LogP contribution in [-0.4, -0.2) is 9.97 Å². The van der Waals surface area contributed by atoms with Crippen molar-refractivity contribution < 1.29 is 4.39 Å². The van der Waals surface area contributed by atoms with Crippen LogP contribution in [0.25, 0.3) is 0 Å². The van der Waals surface area contributed by atoms with E-state index in [-0.39, 0.29) is 5.82 Å². The van der Waals surface area contributed by atoms with Gasteiger partial charge in [0.25, 0.3) is 0 Å². The molecule has 1 fully saturated rings. The number of rotatable bonds is 3. The molecule has 0 amide bonds. The fourth-order valence-corrected chi connectivity index (χ4v) is 2.05. The van der Waals surface area contributed by atoms with Crippen LogP contribution >= 0.6 is 0 Å². The van der Waals surface area contributed by atoms with Gasteiger partial charge in [-0.25, -0.2) is 14.4 Å². The molecule has 5 heteroatoms. The van der Waals surface area contributed by atoms with Crippen molar-refractivity contribution in [2.24, 2.45) is 0 Å². The van der Waals surface area contributed by atoms with Crippen molar-refractivity contribution in [2.75, 3.05) is 11.1 Å². The van der Waals surface area contributed by atoms with Crippen LogP contribution in [0.15, 0.2) is 18.2 Å². The molecule has 0 bridgehead atoms. The van der Waals surface area contributed by atoms with Gasteiger partial charge in [0, 0.05) is 11.5 Å². The molecule has 0 unspecified atom stereocenters. The lowest BCUT2D eigenvalue weighted by molar-refractivity contribution is 0.630. The average molecular weight is 272 g/mol. The summed E-state index contributed by atoms with van der Waals surface area (Å²) >= 11 is 0. The molecule has 1 heterocycles. The number of nitrogens with zero attached hydrogens (tertiary/aromatic N) is 2. The molecule has 3 N–H and O–H groups in total. The standard InChI is InChI=1S/C15H17FN4/c1-8-3-6-12(11(16)7-8)18-14-9(2)13(17)19-15(20-14)10-4-5-10/h3,6-7,10H,4-5H2,1-2H3,(H3,17,18,19,20). The maximum atomic E-state index is 13.9. The van der Waals surface area contributed by atoms with Gasteiger partial charge in [-0.2, -0.15) is 0 Å². The molecule has 1 aromatic carbocycles. The summed E-state index contributed by atoms with van der Waals surface area (Å²) in [5.41, 5.74) is 7.94. The predicted molar refractivity (Wildman–Crippen MR) is 77.6 cm³/mol. The Morgan fingerprint density at radius 3 is 2.65 bits per heavy atom. The minimum absolute atomic E-state index is 0.297. The largest absolute Gasteiger partial charge is 0.383 e. The van der Waals surface area contributed by atoms with Crippen LogP contribution in [0, 0.1) is 19.7 Å². The summed E-state index contributed by atoms with van der Waals surface area (Å²) in [5.74, 6) is 1.90. The molecule has 104 valence electrons. The monoisotopic (exact) mass is 272 g/mol. The van der Waals surface area contributed by atoms with E-state index in [1.165, 1.54) is 6.07 Å². The quantitative estimate of drug-likeness (QED) is 0.898. The molecular formula is C15H17FN4. The Balaban J connectivity index is 1.97. The Bertz CT molecular complexity index is 665. The number of aryl methyl sites for hydroxylation is 1. The van der Waals surface area contributed by atoms with Crippen LogP contribution in [0.1, 0.15) is 35.7 Å². The lowest BCUT2D eigenvalue weighted by Crippen LogP contribution is -2.07. The Morgan fingerprint density at radius 2 is 2.00 bits per heavy atom. The van der Waals surface area contributed by atoms with Gasteiger partial charge in [0.1, 0.15) is 23.3 Å². The first-order chi connectivity index (χ1) is 9.54. The van der Waals surface area contributed by atoms with E-state index in [0.717, 1.165) is 29.8 Å². The molecule has 3 rings (SSSR count). The van der Waals surface area contributed by atoms with Crippen LogP contribution in [0.2, 0.25) is 0 Å². The van der Waals surface area contributed by atoms with Crippen LogP contribution in [0.4, 0.5) is 21.7 Å². The fraction of sp³-hybridized carbons (Fsp3) is 0.333. The number of hydrogen-bond acceptors (Lipinski definition) is 4. The molecule has 0 spiro atoms. The Morgan fingerprint density at radius 1 is 1.25 bits per heavy atom. The van der Waals surface area contributed by atoms with Gasteiger partial charge >= 0.3 is 0 Å². The summed E-state index contributed by atoms with van der Waals surface area (Å²) in [7, 11) is 0. The van der Waals surface area contributed by atoms with Crippen LogP contribution in [0.5, 0.6) is 0 Å². The molecule has 4 nitrogen and oxygen atoms in total. The lowest BCUT2D eigenvalue weighted by atomic mass is 10.2. The van der Waals surface area contributed by atoms with Crippen LogP contribution in [-0.2, 0) is 0 Å². The van der Waals surface area contributed by atoms with Gasteiger partial charge in [-0.05, 0) is 44.4 Å². The summed E-state index contributed by atoms with van der Waals surface area (Å²) < 4.78 is 13.9. The smallest absolute Gasteiger partial charge is 0.146 e.